The molecule has 3 N–H and O–H groups in total. The highest BCUT2D eigenvalue weighted by Crippen LogP contribution is 2.55. The summed E-state index contributed by atoms with van der Waals surface area (Å²) in [5, 5.41) is 18.7. The fraction of sp³-hybridized carbons (Fsp3) is 0.724. The molecule has 2 atom stereocenters. The molecule has 1 aromatic carbocycles. The molecule has 6 rings (SSSR count). The first-order valence-corrected chi connectivity index (χ1v) is 14.1. The lowest BCUT2D eigenvalue weighted by Crippen LogP contribution is -2.64. The maximum Gasteiger partial charge on any atom is 0.315 e. The minimum Gasteiger partial charge on any atom is -0.384 e. The summed E-state index contributed by atoms with van der Waals surface area (Å²) in [6.07, 6.45) is 7.63. The number of urea groups is 1. The number of likely N-dealkylation sites (tertiary alicyclic amines) is 1. The molecule has 4 aliphatic carbocycles. The van der Waals surface area contributed by atoms with Crippen LogP contribution in [0.4, 0.5) is 4.79 Å². The summed E-state index contributed by atoms with van der Waals surface area (Å²) in [6.45, 7) is 8.80. The number of carbonyl (C=O) groups excluding carboxylic acids is 2. The van der Waals surface area contributed by atoms with Crippen molar-refractivity contribution >= 4 is 23.5 Å². The fourth-order valence-electron chi connectivity index (χ4n) is 8.16. The molecule has 0 spiro atoms. The molecule has 0 radical (unpaired) electrons. The number of hydrogen-bond acceptors (Lipinski definition) is 3. The van der Waals surface area contributed by atoms with E-state index in [-0.39, 0.29) is 23.4 Å². The molecule has 1 aromatic rings. The first-order chi connectivity index (χ1) is 16.9. The molecule has 0 aromatic heterocycles. The largest absolute Gasteiger partial charge is 0.384 e. The van der Waals surface area contributed by atoms with Gasteiger partial charge in [0.2, 0.25) is 5.91 Å². The van der Waals surface area contributed by atoms with E-state index in [0.29, 0.717) is 24.5 Å². The lowest BCUT2D eigenvalue weighted by molar-refractivity contribution is -0.155. The van der Waals surface area contributed by atoms with Gasteiger partial charge in [-0.25, -0.2) is 4.79 Å². The van der Waals surface area contributed by atoms with Gasteiger partial charge in [-0.1, -0.05) is 51.4 Å². The van der Waals surface area contributed by atoms with Gasteiger partial charge in [0, 0.05) is 29.1 Å². The second-order valence-electron chi connectivity index (χ2n) is 13.3. The molecule has 5 aliphatic rings. The van der Waals surface area contributed by atoms with Gasteiger partial charge in [0.05, 0.1) is 5.60 Å². The Morgan fingerprint density at radius 1 is 1.03 bits per heavy atom. The van der Waals surface area contributed by atoms with E-state index in [2.05, 4.69) is 10.6 Å². The number of hydrogen-bond donors (Lipinski definition) is 3. The van der Waals surface area contributed by atoms with Gasteiger partial charge in [-0.05, 0) is 86.3 Å². The van der Waals surface area contributed by atoms with Gasteiger partial charge in [0.25, 0.3) is 0 Å². The van der Waals surface area contributed by atoms with Gasteiger partial charge >= 0.3 is 6.03 Å². The highest BCUT2D eigenvalue weighted by molar-refractivity contribution is 6.30. The Morgan fingerprint density at radius 2 is 1.58 bits per heavy atom. The van der Waals surface area contributed by atoms with Gasteiger partial charge in [-0.2, -0.15) is 0 Å². The average Bonchev–Trinajstić information content (AvgIpc) is 2.78. The van der Waals surface area contributed by atoms with E-state index >= 15 is 0 Å². The molecule has 4 saturated carbocycles. The Bertz CT molecular complexity index is 972. The summed E-state index contributed by atoms with van der Waals surface area (Å²) in [5.41, 5.74) is -0.911. The number of piperidine rings is 1. The fourth-order valence-corrected chi connectivity index (χ4v) is 8.29. The van der Waals surface area contributed by atoms with E-state index in [4.69, 9.17) is 11.6 Å². The van der Waals surface area contributed by atoms with Crippen molar-refractivity contribution in [1.29, 1.82) is 0 Å². The molecular weight excluding hydrogens is 474 g/mol. The number of amides is 3. The third-order valence-electron chi connectivity index (χ3n) is 9.72. The van der Waals surface area contributed by atoms with Crippen molar-refractivity contribution in [1.82, 2.24) is 15.5 Å². The predicted molar refractivity (Wildman–Crippen MR) is 142 cm³/mol. The van der Waals surface area contributed by atoms with Crippen LogP contribution in [0.2, 0.25) is 5.02 Å². The summed E-state index contributed by atoms with van der Waals surface area (Å²) in [7, 11) is 0. The molecule has 1 heterocycles. The number of carbonyl (C=O) groups is 2. The number of rotatable bonds is 5. The summed E-state index contributed by atoms with van der Waals surface area (Å²) >= 11 is 6.06. The lowest BCUT2D eigenvalue weighted by Gasteiger charge is -2.56. The average molecular weight is 516 g/mol. The topological polar surface area (TPSA) is 81.7 Å². The van der Waals surface area contributed by atoms with Crippen molar-refractivity contribution in [3.63, 3.8) is 0 Å². The van der Waals surface area contributed by atoms with Crippen molar-refractivity contribution < 1.29 is 14.7 Å². The quantitative estimate of drug-likeness (QED) is 0.511. The molecular formula is C29H42ClN3O3. The van der Waals surface area contributed by atoms with E-state index < -0.39 is 17.1 Å². The van der Waals surface area contributed by atoms with Crippen molar-refractivity contribution in [3.8, 4) is 0 Å². The van der Waals surface area contributed by atoms with Gasteiger partial charge < -0.3 is 20.6 Å². The number of aliphatic hydroxyl groups is 1. The monoisotopic (exact) mass is 515 g/mol. The van der Waals surface area contributed by atoms with Crippen LogP contribution in [0.15, 0.2) is 24.3 Å². The van der Waals surface area contributed by atoms with Crippen LogP contribution in [0, 0.1) is 29.1 Å². The first kappa shape index (κ1) is 25.8. The second-order valence-corrected chi connectivity index (χ2v) is 13.7. The lowest BCUT2D eigenvalue weighted by atomic mass is 9.53. The van der Waals surface area contributed by atoms with Crippen LogP contribution in [0.1, 0.15) is 78.2 Å². The minimum atomic E-state index is -1.06. The highest BCUT2D eigenvalue weighted by atomic mass is 35.5. The Kier molecular flexibility index (Phi) is 6.60. The molecule has 4 bridgehead atoms. The molecule has 5 fully saturated rings. The van der Waals surface area contributed by atoms with E-state index in [1.165, 1.54) is 19.3 Å². The molecule has 1 saturated heterocycles. The van der Waals surface area contributed by atoms with Crippen LogP contribution in [0.25, 0.3) is 0 Å². The second kappa shape index (κ2) is 9.20. The van der Waals surface area contributed by atoms with Gasteiger partial charge in [0.1, 0.15) is 6.04 Å². The van der Waals surface area contributed by atoms with Crippen molar-refractivity contribution in [3.05, 3.63) is 34.9 Å². The normalized spacial score (nSPS) is 35.5. The standard InChI is InChI=1S/C29H42ClN3O3/c1-18(2)24(31-26(35)32-28-14-19-11-20(15-28)13-21(12-19)16-28)25(34)33-10-9-29(36,27(3,4)17-33)22-5-7-23(30)8-6-22/h5-8,18-21,24,36H,9-17H2,1-4H3,(H2,31,32,35)/t19?,20?,21?,24-,28?,29+/m1/s1. The summed E-state index contributed by atoms with van der Waals surface area (Å²) in [4.78, 5) is 28.8. The summed E-state index contributed by atoms with van der Waals surface area (Å²) in [6, 6.07) is 6.52. The van der Waals surface area contributed by atoms with Crippen molar-refractivity contribution in [2.24, 2.45) is 29.1 Å². The van der Waals surface area contributed by atoms with Crippen molar-refractivity contribution in [2.75, 3.05) is 13.1 Å². The zero-order valence-corrected chi connectivity index (χ0v) is 22.9. The Hall–Kier alpha value is -1.79. The van der Waals surface area contributed by atoms with E-state index in [1.807, 2.05) is 44.7 Å². The molecule has 198 valence electrons. The van der Waals surface area contributed by atoms with Crippen molar-refractivity contribution in [2.45, 2.75) is 89.8 Å². The van der Waals surface area contributed by atoms with Crippen LogP contribution in [-0.2, 0) is 10.4 Å². The molecule has 36 heavy (non-hydrogen) atoms. The third kappa shape index (κ3) is 4.64. The maximum atomic E-state index is 13.7. The Morgan fingerprint density at radius 3 is 2.08 bits per heavy atom. The minimum absolute atomic E-state index is 0.0419. The predicted octanol–water partition coefficient (Wildman–Crippen LogP) is 5.08. The number of nitrogens with one attached hydrogen (secondary N) is 2. The third-order valence-corrected chi connectivity index (χ3v) is 9.97. The molecule has 0 unspecified atom stereocenters. The zero-order valence-electron chi connectivity index (χ0n) is 22.1. The molecule has 7 heteroatoms. The molecule has 6 nitrogen and oxygen atoms in total. The van der Waals surface area contributed by atoms with Crippen LogP contribution in [0.5, 0.6) is 0 Å². The van der Waals surface area contributed by atoms with Gasteiger partial charge in [-0.3, -0.25) is 4.79 Å². The van der Waals surface area contributed by atoms with E-state index in [0.717, 1.165) is 42.6 Å². The Balaban J connectivity index is 1.25. The number of benzene rings is 1. The zero-order chi connectivity index (χ0) is 25.9. The number of halogens is 1. The van der Waals surface area contributed by atoms with Gasteiger partial charge in [0.15, 0.2) is 0 Å². The van der Waals surface area contributed by atoms with E-state index in [1.54, 1.807) is 12.1 Å². The van der Waals surface area contributed by atoms with Crippen LogP contribution >= 0.6 is 11.6 Å². The summed E-state index contributed by atoms with van der Waals surface area (Å²) in [5.74, 6) is 2.12. The van der Waals surface area contributed by atoms with E-state index in [9.17, 15) is 14.7 Å². The number of nitrogens with zero attached hydrogens (tertiary/aromatic N) is 1. The van der Waals surface area contributed by atoms with Crippen LogP contribution < -0.4 is 10.6 Å². The smallest absolute Gasteiger partial charge is 0.315 e. The SMILES string of the molecule is CC(C)[C@@H](NC(=O)NC12CC3CC(CC(C3)C1)C2)C(=O)N1CC[C@](O)(c2ccc(Cl)cc2)C(C)(C)C1. The van der Waals surface area contributed by atoms with Gasteiger partial charge in [-0.15, -0.1) is 0 Å². The molecule has 1 aliphatic heterocycles. The molecule has 3 amide bonds. The van der Waals surface area contributed by atoms with Crippen LogP contribution in [-0.4, -0.2) is 46.6 Å². The first-order valence-electron chi connectivity index (χ1n) is 13.8. The summed E-state index contributed by atoms with van der Waals surface area (Å²) < 4.78 is 0. The highest BCUT2D eigenvalue weighted by Gasteiger charge is 2.52. The maximum absolute atomic E-state index is 13.7. The Labute approximate surface area is 220 Å². The van der Waals surface area contributed by atoms with Crippen LogP contribution in [0.3, 0.4) is 0 Å².